The molecule has 0 rings (SSSR count). The fourth-order valence-electron chi connectivity index (χ4n) is 1.87. The number of carboxylic acid groups (broad SMARTS) is 1. The number of ether oxygens (including phenoxy) is 1. The third-order valence-electron chi connectivity index (χ3n) is 3.61. The monoisotopic (exact) mass is 290 g/mol. The summed E-state index contributed by atoms with van der Waals surface area (Å²) in [7, 11) is 1.53. The van der Waals surface area contributed by atoms with Gasteiger partial charge in [-0.1, -0.05) is 13.8 Å². The number of nitrogens with zero attached hydrogens (tertiary/aromatic N) is 1. The minimum Gasteiger partial charge on any atom is -0.481 e. The molecule has 0 aliphatic heterocycles. The molecule has 0 spiro atoms. The number of urea groups is 1. The van der Waals surface area contributed by atoms with E-state index < -0.39 is 11.4 Å². The van der Waals surface area contributed by atoms with E-state index in [2.05, 4.69) is 5.32 Å². The van der Waals surface area contributed by atoms with Gasteiger partial charge in [-0.2, -0.15) is 0 Å². The van der Waals surface area contributed by atoms with Gasteiger partial charge in [0.1, 0.15) is 0 Å². The van der Waals surface area contributed by atoms with Crippen LogP contribution in [0.4, 0.5) is 4.79 Å². The molecule has 7 nitrogen and oxygen atoms in total. The lowest BCUT2D eigenvalue weighted by atomic mass is 9.82. The Hall–Kier alpha value is -1.34. The van der Waals surface area contributed by atoms with Crippen LogP contribution in [-0.4, -0.2) is 67.1 Å². The first-order valence-electron chi connectivity index (χ1n) is 6.83. The number of hydrogen-bond donors (Lipinski definition) is 3. The Morgan fingerprint density at radius 3 is 2.25 bits per heavy atom. The quantitative estimate of drug-likeness (QED) is 0.545. The number of methoxy groups -OCH3 is 1. The maximum absolute atomic E-state index is 12.0. The minimum absolute atomic E-state index is 0.0725. The summed E-state index contributed by atoms with van der Waals surface area (Å²) < 4.78 is 4.90. The van der Waals surface area contributed by atoms with Crippen LogP contribution in [0.5, 0.6) is 0 Å². The predicted molar refractivity (Wildman–Crippen MR) is 74.6 cm³/mol. The molecule has 0 aliphatic carbocycles. The van der Waals surface area contributed by atoms with Crippen molar-refractivity contribution < 1.29 is 24.5 Å². The lowest BCUT2D eigenvalue weighted by molar-refractivity contribution is -0.149. The van der Waals surface area contributed by atoms with Gasteiger partial charge in [-0.3, -0.25) is 4.79 Å². The van der Waals surface area contributed by atoms with Gasteiger partial charge >= 0.3 is 12.0 Å². The van der Waals surface area contributed by atoms with Crippen LogP contribution in [0, 0.1) is 5.41 Å². The number of carbonyl (C=O) groups excluding carboxylic acids is 1. The van der Waals surface area contributed by atoms with Crippen LogP contribution in [0.3, 0.4) is 0 Å². The molecule has 0 heterocycles. The Morgan fingerprint density at radius 1 is 1.25 bits per heavy atom. The van der Waals surface area contributed by atoms with Crippen molar-refractivity contribution in [1.82, 2.24) is 10.2 Å². The average Bonchev–Trinajstić information content (AvgIpc) is 2.44. The molecule has 2 amide bonds. The summed E-state index contributed by atoms with van der Waals surface area (Å²) in [6.45, 7) is 4.40. The van der Waals surface area contributed by atoms with Crippen molar-refractivity contribution in [2.75, 3.05) is 40.0 Å². The first-order chi connectivity index (χ1) is 9.47. The van der Waals surface area contributed by atoms with E-state index in [0.29, 0.717) is 26.0 Å². The van der Waals surface area contributed by atoms with E-state index in [0.717, 1.165) is 0 Å². The SMILES string of the molecule is CCC(CC)(CNC(=O)N(CCO)CCOC)C(=O)O. The molecular weight excluding hydrogens is 264 g/mol. The standard InChI is InChI=1S/C13H26N2O5/c1-4-13(5-2,11(17)18)10-14-12(19)15(6-8-16)7-9-20-3/h16H,4-10H2,1-3H3,(H,14,19)(H,17,18). The molecule has 0 saturated carbocycles. The molecule has 0 saturated heterocycles. The molecule has 0 unspecified atom stereocenters. The number of rotatable bonds is 10. The third-order valence-corrected chi connectivity index (χ3v) is 3.61. The first-order valence-corrected chi connectivity index (χ1v) is 6.83. The molecule has 0 atom stereocenters. The van der Waals surface area contributed by atoms with Gasteiger partial charge in [0.2, 0.25) is 0 Å². The second-order valence-electron chi connectivity index (χ2n) is 4.65. The molecule has 20 heavy (non-hydrogen) atoms. The van der Waals surface area contributed by atoms with Gasteiger partial charge < -0.3 is 25.2 Å². The number of aliphatic hydroxyl groups is 1. The van der Waals surface area contributed by atoms with Crippen LogP contribution in [0.1, 0.15) is 26.7 Å². The maximum Gasteiger partial charge on any atom is 0.317 e. The molecule has 0 aromatic carbocycles. The number of carbonyl (C=O) groups is 2. The zero-order valence-corrected chi connectivity index (χ0v) is 12.5. The van der Waals surface area contributed by atoms with Crippen LogP contribution in [0.2, 0.25) is 0 Å². The maximum atomic E-state index is 12.0. The van der Waals surface area contributed by atoms with Gasteiger partial charge in [0, 0.05) is 26.7 Å². The Kier molecular flexibility index (Phi) is 8.91. The van der Waals surface area contributed by atoms with Crippen molar-refractivity contribution >= 4 is 12.0 Å². The fraction of sp³-hybridized carbons (Fsp3) is 0.846. The molecule has 3 N–H and O–H groups in total. The number of aliphatic hydroxyl groups excluding tert-OH is 1. The Bertz CT molecular complexity index is 305. The van der Waals surface area contributed by atoms with E-state index in [1.807, 2.05) is 0 Å². The number of carboxylic acids is 1. The largest absolute Gasteiger partial charge is 0.481 e. The van der Waals surface area contributed by atoms with E-state index >= 15 is 0 Å². The molecular formula is C13H26N2O5. The summed E-state index contributed by atoms with van der Waals surface area (Å²) >= 11 is 0. The lowest BCUT2D eigenvalue weighted by Crippen LogP contribution is -2.48. The predicted octanol–water partition coefficient (Wildman–Crippen LogP) is 0.528. The van der Waals surface area contributed by atoms with Gasteiger partial charge in [-0.15, -0.1) is 0 Å². The first kappa shape index (κ1) is 18.7. The van der Waals surface area contributed by atoms with Gasteiger partial charge in [-0.25, -0.2) is 4.79 Å². The number of aliphatic carboxylic acids is 1. The summed E-state index contributed by atoms with van der Waals surface area (Å²) in [5, 5.41) is 20.9. The van der Waals surface area contributed by atoms with Gasteiger partial charge in [-0.05, 0) is 12.8 Å². The fourth-order valence-corrected chi connectivity index (χ4v) is 1.87. The van der Waals surface area contributed by atoms with E-state index in [1.165, 1.54) is 12.0 Å². The minimum atomic E-state index is -0.943. The molecule has 0 aromatic rings. The number of amides is 2. The normalized spacial score (nSPS) is 11.2. The molecule has 0 aromatic heterocycles. The van der Waals surface area contributed by atoms with Crippen molar-refractivity contribution in [2.24, 2.45) is 5.41 Å². The van der Waals surface area contributed by atoms with Gasteiger partial charge in [0.05, 0.1) is 18.6 Å². The second kappa shape index (κ2) is 9.55. The molecule has 0 radical (unpaired) electrons. The van der Waals surface area contributed by atoms with Crippen molar-refractivity contribution in [2.45, 2.75) is 26.7 Å². The Labute approximate surface area is 119 Å². The lowest BCUT2D eigenvalue weighted by Gasteiger charge is -2.29. The molecule has 0 fully saturated rings. The summed E-state index contributed by atoms with van der Waals surface area (Å²) in [6, 6.07) is -0.386. The highest BCUT2D eigenvalue weighted by Crippen LogP contribution is 2.25. The topological polar surface area (TPSA) is 99.1 Å². The van der Waals surface area contributed by atoms with Crippen LogP contribution < -0.4 is 5.32 Å². The summed E-state index contributed by atoms with van der Waals surface area (Å²) in [6.07, 6.45) is 0.883. The Morgan fingerprint density at radius 2 is 1.85 bits per heavy atom. The highest BCUT2D eigenvalue weighted by Gasteiger charge is 2.35. The van der Waals surface area contributed by atoms with Crippen LogP contribution in [-0.2, 0) is 9.53 Å². The zero-order valence-electron chi connectivity index (χ0n) is 12.5. The molecule has 118 valence electrons. The molecule has 0 bridgehead atoms. The van der Waals surface area contributed by atoms with Crippen LogP contribution in [0.25, 0.3) is 0 Å². The molecule has 7 heteroatoms. The third kappa shape index (κ3) is 5.34. The Balaban J connectivity index is 4.58. The van der Waals surface area contributed by atoms with Crippen molar-refractivity contribution in [1.29, 1.82) is 0 Å². The smallest absolute Gasteiger partial charge is 0.317 e. The van der Waals surface area contributed by atoms with Crippen molar-refractivity contribution in [3.8, 4) is 0 Å². The van der Waals surface area contributed by atoms with E-state index in [-0.39, 0.29) is 25.7 Å². The number of hydrogen-bond acceptors (Lipinski definition) is 4. The van der Waals surface area contributed by atoms with Crippen LogP contribution in [0.15, 0.2) is 0 Å². The van der Waals surface area contributed by atoms with Gasteiger partial charge in [0.25, 0.3) is 0 Å². The summed E-state index contributed by atoms with van der Waals surface area (Å²) in [5.41, 5.74) is -0.943. The second-order valence-corrected chi connectivity index (χ2v) is 4.65. The highest BCUT2D eigenvalue weighted by atomic mass is 16.5. The molecule has 0 aliphatic rings. The summed E-state index contributed by atoms with van der Waals surface area (Å²) in [4.78, 5) is 24.7. The van der Waals surface area contributed by atoms with Gasteiger partial charge in [0.15, 0.2) is 0 Å². The number of nitrogens with one attached hydrogen (secondary N) is 1. The highest BCUT2D eigenvalue weighted by molar-refractivity contribution is 5.78. The van der Waals surface area contributed by atoms with E-state index in [9.17, 15) is 14.7 Å². The van der Waals surface area contributed by atoms with Crippen LogP contribution >= 0.6 is 0 Å². The van der Waals surface area contributed by atoms with E-state index in [1.54, 1.807) is 13.8 Å². The zero-order chi connectivity index (χ0) is 15.6. The summed E-state index contributed by atoms with van der Waals surface area (Å²) in [5.74, 6) is -0.909. The van der Waals surface area contributed by atoms with Crippen molar-refractivity contribution in [3.63, 3.8) is 0 Å². The van der Waals surface area contributed by atoms with Crippen molar-refractivity contribution in [3.05, 3.63) is 0 Å². The van der Waals surface area contributed by atoms with E-state index in [4.69, 9.17) is 9.84 Å². The average molecular weight is 290 g/mol.